The summed E-state index contributed by atoms with van der Waals surface area (Å²) in [7, 11) is 0. The van der Waals surface area contributed by atoms with Crippen molar-refractivity contribution in [1.82, 2.24) is 9.47 Å². The van der Waals surface area contributed by atoms with E-state index in [1.54, 1.807) is 53.7 Å². The molecule has 0 radical (unpaired) electrons. The molecule has 0 N–H and O–H groups in total. The van der Waals surface area contributed by atoms with Crippen molar-refractivity contribution in [2.75, 3.05) is 6.54 Å². The maximum Gasteiger partial charge on any atom is 0.419 e. The SMILES string of the molecule is CC(C)(C)OC(=O)N1C[C@@H]2O[C@@H]2c2c(n(C(=O)OC(C)(C)C)c3ccccc23)C1=O. The molecule has 1 aromatic heterocycles. The van der Waals surface area contributed by atoms with Gasteiger partial charge in [-0.1, -0.05) is 18.2 Å². The van der Waals surface area contributed by atoms with Crippen molar-refractivity contribution in [3.8, 4) is 0 Å². The largest absolute Gasteiger partial charge is 0.443 e. The number of amides is 2. The van der Waals surface area contributed by atoms with E-state index in [1.165, 1.54) is 4.57 Å². The summed E-state index contributed by atoms with van der Waals surface area (Å²) in [5.41, 5.74) is -0.301. The summed E-state index contributed by atoms with van der Waals surface area (Å²) in [6, 6.07) is 7.20. The van der Waals surface area contributed by atoms with Gasteiger partial charge in [-0.05, 0) is 47.6 Å². The lowest BCUT2D eigenvalue weighted by molar-refractivity contribution is 0.0220. The van der Waals surface area contributed by atoms with Crippen molar-refractivity contribution in [3.63, 3.8) is 0 Å². The zero-order chi connectivity index (χ0) is 22.0. The van der Waals surface area contributed by atoms with Crippen LogP contribution in [-0.4, -0.2) is 51.4 Å². The minimum atomic E-state index is -0.770. The fourth-order valence-corrected chi connectivity index (χ4v) is 3.66. The molecule has 2 amide bonds. The summed E-state index contributed by atoms with van der Waals surface area (Å²) < 4.78 is 18.0. The Hall–Kier alpha value is -2.87. The normalized spacial score (nSPS) is 21.0. The molecule has 2 aliphatic rings. The van der Waals surface area contributed by atoms with Gasteiger partial charge in [-0.25, -0.2) is 19.1 Å². The van der Waals surface area contributed by atoms with Crippen LogP contribution in [0, 0.1) is 0 Å². The number of hydrogen-bond acceptors (Lipinski definition) is 6. The lowest BCUT2D eigenvalue weighted by Crippen LogP contribution is -2.43. The molecule has 1 fully saturated rings. The average molecular weight is 414 g/mol. The van der Waals surface area contributed by atoms with E-state index in [4.69, 9.17) is 14.2 Å². The molecule has 0 saturated carbocycles. The molecule has 1 aromatic carbocycles. The summed E-state index contributed by atoms with van der Waals surface area (Å²) in [5, 5.41) is 0.727. The van der Waals surface area contributed by atoms with Gasteiger partial charge in [-0.15, -0.1) is 0 Å². The van der Waals surface area contributed by atoms with Crippen LogP contribution in [0.1, 0.15) is 63.7 Å². The number of epoxide rings is 1. The number of carbonyl (C=O) groups is 3. The monoisotopic (exact) mass is 414 g/mol. The van der Waals surface area contributed by atoms with Gasteiger partial charge in [0.2, 0.25) is 0 Å². The van der Waals surface area contributed by atoms with Gasteiger partial charge in [0, 0.05) is 10.9 Å². The highest BCUT2D eigenvalue weighted by atomic mass is 16.6. The van der Waals surface area contributed by atoms with Crippen molar-refractivity contribution in [2.24, 2.45) is 0 Å². The molecule has 8 heteroatoms. The molecule has 4 rings (SSSR count). The molecule has 3 heterocycles. The maximum absolute atomic E-state index is 13.5. The molecule has 1 saturated heterocycles. The lowest BCUT2D eigenvalue weighted by atomic mass is 10.1. The first kappa shape index (κ1) is 20.4. The van der Waals surface area contributed by atoms with Gasteiger partial charge in [-0.3, -0.25) is 4.79 Å². The van der Waals surface area contributed by atoms with E-state index in [9.17, 15) is 14.4 Å². The molecule has 30 heavy (non-hydrogen) atoms. The number of aromatic nitrogens is 1. The van der Waals surface area contributed by atoms with Gasteiger partial charge in [0.1, 0.15) is 29.1 Å². The molecule has 0 unspecified atom stereocenters. The highest BCUT2D eigenvalue weighted by Crippen LogP contribution is 2.47. The van der Waals surface area contributed by atoms with Crippen LogP contribution in [0.15, 0.2) is 24.3 Å². The van der Waals surface area contributed by atoms with E-state index >= 15 is 0 Å². The summed E-state index contributed by atoms with van der Waals surface area (Å²) in [6.07, 6.45) is -2.15. The number of imide groups is 1. The van der Waals surface area contributed by atoms with Crippen molar-refractivity contribution >= 4 is 29.0 Å². The Morgan fingerprint density at radius 3 is 2.23 bits per heavy atom. The molecule has 8 nitrogen and oxygen atoms in total. The van der Waals surface area contributed by atoms with E-state index in [1.807, 2.05) is 12.1 Å². The van der Waals surface area contributed by atoms with Crippen LogP contribution in [0.25, 0.3) is 10.9 Å². The molecule has 160 valence electrons. The summed E-state index contributed by atoms with van der Waals surface area (Å²) in [5.74, 6) is -0.600. The molecule has 0 aliphatic carbocycles. The number of nitrogens with zero attached hydrogens (tertiary/aromatic N) is 2. The number of rotatable bonds is 0. The second-order valence-corrected chi connectivity index (χ2v) is 9.59. The summed E-state index contributed by atoms with van der Waals surface area (Å²) >= 11 is 0. The third-order valence-electron chi connectivity index (χ3n) is 4.78. The second-order valence-electron chi connectivity index (χ2n) is 9.59. The first-order chi connectivity index (χ1) is 13.9. The van der Waals surface area contributed by atoms with Crippen LogP contribution >= 0.6 is 0 Å². The Morgan fingerprint density at radius 1 is 1.00 bits per heavy atom. The number of para-hydroxylation sites is 1. The van der Waals surface area contributed by atoms with Crippen LogP contribution in [-0.2, 0) is 14.2 Å². The quantitative estimate of drug-likeness (QED) is 0.599. The average Bonchev–Trinajstić information content (AvgIpc) is 3.28. The topological polar surface area (TPSA) is 90.4 Å². The number of fused-ring (bicyclic) bond motifs is 5. The molecular formula is C22H26N2O6. The molecular weight excluding hydrogens is 388 g/mol. The van der Waals surface area contributed by atoms with Crippen LogP contribution < -0.4 is 0 Å². The molecule has 2 atom stereocenters. The molecule has 2 aliphatic heterocycles. The highest BCUT2D eigenvalue weighted by Gasteiger charge is 2.52. The standard InChI is InChI=1S/C22H26N2O6/c1-21(2,3)29-19(26)23-11-14-17(28-14)15-12-9-7-8-10-13(12)24(16(15)18(23)25)20(27)30-22(4,5)6/h7-10,14,17H,11H2,1-6H3/t14-,17-/m0/s1. The number of benzene rings is 1. The van der Waals surface area contributed by atoms with Crippen LogP contribution in [0.5, 0.6) is 0 Å². The first-order valence-electron chi connectivity index (χ1n) is 9.94. The van der Waals surface area contributed by atoms with Crippen molar-refractivity contribution in [1.29, 1.82) is 0 Å². The highest BCUT2D eigenvalue weighted by molar-refractivity contribution is 6.11. The Kier molecular flexibility index (Phi) is 4.47. The first-order valence-corrected chi connectivity index (χ1v) is 9.94. The van der Waals surface area contributed by atoms with E-state index in [0.717, 1.165) is 10.3 Å². The van der Waals surface area contributed by atoms with Gasteiger partial charge in [0.05, 0.1) is 12.1 Å². The Bertz CT molecular complexity index is 1060. The lowest BCUT2D eigenvalue weighted by Gasteiger charge is -2.26. The van der Waals surface area contributed by atoms with Gasteiger partial charge in [0.25, 0.3) is 5.91 Å². The smallest absolute Gasteiger partial charge is 0.419 e. The minimum Gasteiger partial charge on any atom is -0.443 e. The van der Waals surface area contributed by atoms with Gasteiger partial charge < -0.3 is 14.2 Å². The summed E-state index contributed by atoms with van der Waals surface area (Å²) in [6.45, 7) is 10.5. The Morgan fingerprint density at radius 2 is 1.60 bits per heavy atom. The van der Waals surface area contributed by atoms with E-state index < -0.39 is 29.3 Å². The van der Waals surface area contributed by atoms with E-state index in [-0.39, 0.29) is 24.4 Å². The maximum atomic E-state index is 13.5. The number of hydrogen-bond donors (Lipinski definition) is 0. The fourth-order valence-electron chi connectivity index (χ4n) is 3.66. The third kappa shape index (κ3) is 3.56. The van der Waals surface area contributed by atoms with Crippen molar-refractivity contribution in [2.45, 2.75) is 65.0 Å². The van der Waals surface area contributed by atoms with E-state index in [0.29, 0.717) is 11.1 Å². The van der Waals surface area contributed by atoms with Gasteiger partial charge >= 0.3 is 12.2 Å². The Balaban J connectivity index is 1.88. The molecule has 0 bridgehead atoms. The summed E-state index contributed by atoms with van der Waals surface area (Å²) in [4.78, 5) is 40.4. The van der Waals surface area contributed by atoms with E-state index in [2.05, 4.69) is 0 Å². The van der Waals surface area contributed by atoms with Gasteiger partial charge in [-0.2, -0.15) is 0 Å². The molecule has 0 spiro atoms. The second kappa shape index (κ2) is 6.57. The van der Waals surface area contributed by atoms with Crippen LogP contribution in [0.3, 0.4) is 0 Å². The fraction of sp³-hybridized carbons (Fsp3) is 0.500. The predicted octanol–water partition coefficient (Wildman–Crippen LogP) is 4.26. The molecule has 2 aromatic rings. The predicted molar refractivity (Wildman–Crippen MR) is 108 cm³/mol. The van der Waals surface area contributed by atoms with Crippen molar-refractivity contribution < 1.29 is 28.6 Å². The number of ether oxygens (including phenoxy) is 3. The Labute approximate surface area is 174 Å². The zero-order valence-electron chi connectivity index (χ0n) is 18.0. The van der Waals surface area contributed by atoms with Gasteiger partial charge in [0.15, 0.2) is 0 Å². The van der Waals surface area contributed by atoms with Crippen LogP contribution in [0.4, 0.5) is 9.59 Å². The zero-order valence-corrected chi connectivity index (χ0v) is 18.0. The number of carbonyl (C=O) groups excluding carboxylic acids is 3. The minimum absolute atomic E-state index is 0.0652. The third-order valence-corrected chi connectivity index (χ3v) is 4.78. The van der Waals surface area contributed by atoms with Crippen molar-refractivity contribution in [3.05, 3.63) is 35.5 Å². The van der Waals surface area contributed by atoms with Crippen LogP contribution in [0.2, 0.25) is 0 Å².